The Bertz CT molecular complexity index is 491. The van der Waals surface area contributed by atoms with Gasteiger partial charge in [0.15, 0.2) is 11.9 Å². The van der Waals surface area contributed by atoms with Gasteiger partial charge in [-0.25, -0.2) is 9.78 Å². The molecule has 0 aromatic rings. The van der Waals surface area contributed by atoms with Crippen molar-refractivity contribution in [3.8, 4) is 0 Å². The molecule has 4 saturated heterocycles. The van der Waals surface area contributed by atoms with Gasteiger partial charge in [0.2, 0.25) is 5.79 Å². The maximum absolute atomic E-state index is 6.39. The van der Waals surface area contributed by atoms with E-state index in [2.05, 4.69) is 27.4 Å². The van der Waals surface area contributed by atoms with Crippen LogP contribution in [-0.2, 0) is 19.2 Å². The van der Waals surface area contributed by atoms with E-state index in [-0.39, 0.29) is 12.4 Å². The molecule has 0 unspecified atom stereocenters. The summed E-state index contributed by atoms with van der Waals surface area (Å²) in [4.78, 5) is 11.9. The lowest BCUT2D eigenvalue weighted by atomic mass is 9.57. The highest BCUT2D eigenvalue weighted by molar-refractivity contribution is 5.14. The fourth-order valence-corrected chi connectivity index (χ4v) is 5.47. The van der Waals surface area contributed by atoms with E-state index >= 15 is 0 Å². The van der Waals surface area contributed by atoms with E-state index in [0.717, 1.165) is 24.8 Å². The van der Waals surface area contributed by atoms with E-state index in [1.807, 2.05) is 6.92 Å². The van der Waals surface area contributed by atoms with Crippen molar-refractivity contribution in [1.82, 2.24) is 0 Å². The van der Waals surface area contributed by atoms with Gasteiger partial charge in [-0.05, 0) is 50.9 Å². The topological polar surface area (TPSA) is 36.9 Å². The molecule has 4 heteroatoms. The predicted molar refractivity (Wildman–Crippen MR) is 81.6 cm³/mol. The van der Waals surface area contributed by atoms with Gasteiger partial charge in [0.25, 0.3) is 0 Å². The largest absolute Gasteiger partial charge is 0.341 e. The summed E-state index contributed by atoms with van der Waals surface area (Å²) in [6.45, 7) is 12.8. The van der Waals surface area contributed by atoms with Gasteiger partial charge in [-0.15, -0.1) is 0 Å². The zero-order valence-corrected chi connectivity index (χ0v) is 14.1. The van der Waals surface area contributed by atoms with Crippen molar-refractivity contribution >= 4 is 0 Å². The fraction of sp³-hybridized carbons (Fsp3) is 0.889. The van der Waals surface area contributed by atoms with E-state index in [4.69, 9.17) is 19.2 Å². The van der Waals surface area contributed by atoms with Crippen LogP contribution >= 0.6 is 0 Å². The van der Waals surface area contributed by atoms with Crippen LogP contribution in [0.15, 0.2) is 12.2 Å². The van der Waals surface area contributed by atoms with E-state index in [9.17, 15) is 0 Å². The van der Waals surface area contributed by atoms with Crippen molar-refractivity contribution in [1.29, 1.82) is 0 Å². The first kappa shape index (κ1) is 15.1. The highest BCUT2D eigenvalue weighted by Gasteiger charge is 2.69. The molecular formula is C18H28O4. The molecule has 124 valence electrons. The number of hydrogen-bond acceptors (Lipinski definition) is 4. The van der Waals surface area contributed by atoms with E-state index in [0.29, 0.717) is 23.7 Å². The Hall–Kier alpha value is -0.420. The third-order valence-corrected chi connectivity index (χ3v) is 6.64. The van der Waals surface area contributed by atoms with Crippen LogP contribution in [0.3, 0.4) is 0 Å². The van der Waals surface area contributed by atoms with Crippen LogP contribution in [-0.4, -0.2) is 23.8 Å². The maximum Gasteiger partial charge on any atom is 0.201 e. The minimum absolute atomic E-state index is 0.0428. The van der Waals surface area contributed by atoms with Crippen LogP contribution in [0.1, 0.15) is 53.4 Å². The molecule has 0 amide bonds. The SMILES string of the molecule is C=C(C)[C@H]1O[C@@H]2O[C@]3(C)CC[C@H]4[C@H](C)CC[C@@H]([C@H]1C)[C@@]24OO3. The quantitative estimate of drug-likeness (QED) is 0.545. The summed E-state index contributed by atoms with van der Waals surface area (Å²) < 4.78 is 12.7. The van der Waals surface area contributed by atoms with Crippen molar-refractivity contribution in [3.63, 3.8) is 0 Å². The van der Waals surface area contributed by atoms with Gasteiger partial charge >= 0.3 is 0 Å². The molecule has 2 bridgehead atoms. The molecule has 0 aromatic carbocycles. The summed E-state index contributed by atoms with van der Waals surface area (Å²) in [6.07, 6.45) is 4.04. The molecule has 0 N–H and O–H groups in total. The molecule has 8 atom stereocenters. The molecule has 22 heavy (non-hydrogen) atoms. The van der Waals surface area contributed by atoms with Crippen molar-refractivity contribution in [3.05, 3.63) is 12.2 Å². The smallest absolute Gasteiger partial charge is 0.201 e. The molecule has 4 aliphatic heterocycles. The molecule has 1 spiro atoms. The third kappa shape index (κ3) is 1.84. The molecule has 4 heterocycles. The van der Waals surface area contributed by atoms with Crippen LogP contribution in [0.2, 0.25) is 0 Å². The Balaban J connectivity index is 1.80. The molecule has 1 saturated carbocycles. The summed E-state index contributed by atoms with van der Waals surface area (Å²) in [7, 11) is 0. The number of fused-ring (bicyclic) bond motifs is 2. The monoisotopic (exact) mass is 308 g/mol. The molecular weight excluding hydrogens is 280 g/mol. The van der Waals surface area contributed by atoms with Crippen molar-refractivity contribution < 1.29 is 19.2 Å². The summed E-state index contributed by atoms with van der Waals surface area (Å²) in [5, 5.41) is 0. The molecule has 1 aliphatic carbocycles. The van der Waals surface area contributed by atoms with Crippen LogP contribution < -0.4 is 0 Å². The second-order valence-corrected chi connectivity index (χ2v) is 8.17. The minimum atomic E-state index is -0.683. The predicted octanol–water partition coefficient (Wildman–Crippen LogP) is 3.81. The van der Waals surface area contributed by atoms with E-state index < -0.39 is 11.4 Å². The number of ether oxygens (including phenoxy) is 2. The second kappa shape index (κ2) is 4.79. The average Bonchev–Trinajstić information content (AvgIpc) is 2.69. The van der Waals surface area contributed by atoms with Crippen molar-refractivity contribution in [2.24, 2.45) is 23.7 Å². The van der Waals surface area contributed by atoms with Crippen LogP contribution in [0.25, 0.3) is 0 Å². The third-order valence-electron chi connectivity index (χ3n) is 6.64. The van der Waals surface area contributed by atoms with Crippen molar-refractivity contribution in [2.75, 3.05) is 0 Å². The summed E-state index contributed by atoms with van der Waals surface area (Å²) in [5.41, 5.74) is 0.631. The second-order valence-electron chi connectivity index (χ2n) is 8.17. The molecule has 5 fully saturated rings. The Morgan fingerprint density at radius 3 is 2.59 bits per heavy atom. The van der Waals surface area contributed by atoms with Gasteiger partial charge in [-0.3, -0.25) is 0 Å². The van der Waals surface area contributed by atoms with Gasteiger partial charge in [0, 0.05) is 12.3 Å². The Morgan fingerprint density at radius 2 is 1.86 bits per heavy atom. The standard InChI is InChI=1S/C18H28O4/c1-10(2)15-12(4)14-7-6-11(3)13-8-9-17(5)20-16(19-15)18(13,14)22-21-17/h11-16H,1,6-9H2,2-5H3/t11-,12-,13+,14+,15-,16-,17+,18-/m1/s1. The summed E-state index contributed by atoms with van der Waals surface area (Å²) in [5.74, 6) is 1.14. The van der Waals surface area contributed by atoms with Gasteiger partial charge in [-0.1, -0.05) is 26.0 Å². The average molecular weight is 308 g/mol. The maximum atomic E-state index is 6.39. The lowest BCUT2D eigenvalue weighted by Gasteiger charge is -2.60. The van der Waals surface area contributed by atoms with Gasteiger partial charge in [0.05, 0.1) is 6.10 Å². The molecule has 5 aliphatic rings. The van der Waals surface area contributed by atoms with Crippen molar-refractivity contribution in [2.45, 2.75) is 77.2 Å². The Labute approximate surface area is 133 Å². The van der Waals surface area contributed by atoms with Crippen LogP contribution in [0.5, 0.6) is 0 Å². The molecule has 5 rings (SSSR count). The number of hydrogen-bond donors (Lipinski definition) is 0. The molecule has 4 nitrogen and oxygen atoms in total. The lowest BCUT2D eigenvalue weighted by Crippen LogP contribution is -2.70. The summed E-state index contributed by atoms with van der Waals surface area (Å²) in [6, 6.07) is 0. The van der Waals surface area contributed by atoms with Crippen LogP contribution in [0.4, 0.5) is 0 Å². The first-order chi connectivity index (χ1) is 10.4. The first-order valence-electron chi connectivity index (χ1n) is 8.73. The highest BCUT2D eigenvalue weighted by atomic mass is 17.3. The van der Waals surface area contributed by atoms with Gasteiger partial charge in [0.1, 0.15) is 0 Å². The zero-order chi connectivity index (χ0) is 15.7. The minimum Gasteiger partial charge on any atom is -0.341 e. The highest BCUT2D eigenvalue weighted by Crippen LogP contribution is 2.60. The summed E-state index contributed by atoms with van der Waals surface area (Å²) >= 11 is 0. The number of rotatable bonds is 1. The van der Waals surface area contributed by atoms with Crippen LogP contribution in [0, 0.1) is 23.7 Å². The normalized spacial score (nSPS) is 57.1. The lowest BCUT2D eigenvalue weighted by molar-refractivity contribution is -0.570. The molecule has 0 radical (unpaired) electrons. The van der Waals surface area contributed by atoms with Gasteiger partial charge < -0.3 is 9.47 Å². The first-order valence-corrected chi connectivity index (χ1v) is 8.73. The fourth-order valence-electron chi connectivity index (χ4n) is 5.47. The van der Waals surface area contributed by atoms with E-state index in [1.54, 1.807) is 0 Å². The van der Waals surface area contributed by atoms with E-state index in [1.165, 1.54) is 6.42 Å². The molecule has 0 aromatic heterocycles. The van der Waals surface area contributed by atoms with Gasteiger partial charge in [-0.2, -0.15) is 0 Å². The Morgan fingerprint density at radius 1 is 1.09 bits per heavy atom. The Kier molecular flexibility index (Phi) is 3.29. The zero-order valence-electron chi connectivity index (χ0n) is 14.1.